The molecule has 0 unspecified atom stereocenters. The third kappa shape index (κ3) is 3.77. The lowest BCUT2D eigenvalue weighted by atomic mass is 10.1. The zero-order valence-electron chi connectivity index (χ0n) is 13.7. The molecule has 0 spiro atoms. The number of hydrogen-bond acceptors (Lipinski definition) is 5. The Morgan fingerprint density at radius 3 is 2.75 bits per heavy atom. The summed E-state index contributed by atoms with van der Waals surface area (Å²) in [5.41, 5.74) is 0.512. The smallest absolute Gasteiger partial charge is 0.236 e. The van der Waals surface area contributed by atoms with Crippen LogP contribution >= 0.6 is 0 Å². The molecule has 1 saturated heterocycles. The van der Waals surface area contributed by atoms with Gasteiger partial charge in [0, 0.05) is 25.2 Å². The zero-order valence-corrected chi connectivity index (χ0v) is 13.7. The summed E-state index contributed by atoms with van der Waals surface area (Å²) in [6.07, 6.45) is 0.685. The maximum absolute atomic E-state index is 12.2. The minimum absolute atomic E-state index is 0.254. The molecule has 1 aliphatic heterocycles. The molecule has 0 aliphatic carbocycles. The highest BCUT2D eigenvalue weighted by molar-refractivity contribution is 5.40. The van der Waals surface area contributed by atoms with E-state index in [0.29, 0.717) is 37.0 Å². The van der Waals surface area contributed by atoms with Crippen LogP contribution in [0.2, 0.25) is 0 Å². The molecule has 1 aromatic heterocycles. The third-order valence-electron chi connectivity index (χ3n) is 3.84. The highest BCUT2D eigenvalue weighted by atomic mass is 16.6. The van der Waals surface area contributed by atoms with Crippen LogP contribution in [0.4, 0.5) is 0 Å². The first-order valence-electron chi connectivity index (χ1n) is 8.18. The van der Waals surface area contributed by atoms with Crippen LogP contribution in [0.15, 0.2) is 48.7 Å². The molecule has 2 heterocycles. The number of benzene rings is 1. The van der Waals surface area contributed by atoms with Gasteiger partial charge >= 0.3 is 0 Å². The fraction of sp³-hybridized carbons (Fsp3) is 0.389. The molecule has 0 saturated carbocycles. The second-order valence-corrected chi connectivity index (χ2v) is 5.48. The molecular weight excluding hydrogens is 308 g/mol. The van der Waals surface area contributed by atoms with Gasteiger partial charge in [0.2, 0.25) is 11.8 Å². The molecule has 24 heavy (non-hydrogen) atoms. The maximum Gasteiger partial charge on any atom is 0.236 e. The summed E-state index contributed by atoms with van der Waals surface area (Å²) in [6, 6.07) is 12.7. The van der Waals surface area contributed by atoms with Gasteiger partial charge in [-0.15, -0.1) is 0 Å². The van der Waals surface area contributed by atoms with Gasteiger partial charge < -0.3 is 24.7 Å². The standard InChI is InChI=1S/C18H22N2O4/c1-2-22-15-8-3-4-9-16(15)24-18(17-13-19-10-12-23-17)14-7-5-6-11-20(14)21/h3-9,11,17-19H,2,10,12-13H2,1H3/t17-,18-/m0/s1. The number of morpholine rings is 1. The molecule has 3 rings (SSSR count). The van der Waals surface area contributed by atoms with Gasteiger partial charge in [-0.1, -0.05) is 12.1 Å². The van der Waals surface area contributed by atoms with E-state index in [2.05, 4.69) is 5.32 Å². The molecule has 6 nitrogen and oxygen atoms in total. The second kappa shape index (κ2) is 7.99. The SMILES string of the molecule is CCOc1ccccc1O[C@@H](c1cccc[n+]1[O-])[C@@H]1CNCCO1. The van der Waals surface area contributed by atoms with E-state index in [0.717, 1.165) is 11.3 Å². The molecule has 6 heteroatoms. The third-order valence-corrected chi connectivity index (χ3v) is 3.84. The lowest BCUT2D eigenvalue weighted by Gasteiger charge is -2.30. The Labute approximate surface area is 141 Å². The predicted molar refractivity (Wildman–Crippen MR) is 89.0 cm³/mol. The Hall–Kier alpha value is -2.31. The number of pyridine rings is 1. The topological polar surface area (TPSA) is 66.7 Å². The van der Waals surface area contributed by atoms with Crippen molar-refractivity contribution < 1.29 is 18.9 Å². The van der Waals surface area contributed by atoms with Crippen molar-refractivity contribution in [2.45, 2.75) is 19.1 Å². The first-order valence-corrected chi connectivity index (χ1v) is 8.18. The van der Waals surface area contributed by atoms with Crippen molar-refractivity contribution in [3.63, 3.8) is 0 Å². The summed E-state index contributed by atoms with van der Waals surface area (Å²) in [4.78, 5) is 0. The van der Waals surface area contributed by atoms with Crippen molar-refractivity contribution in [1.82, 2.24) is 5.32 Å². The van der Waals surface area contributed by atoms with Gasteiger partial charge in [0.25, 0.3) is 0 Å². The minimum Gasteiger partial charge on any atom is -0.618 e. The van der Waals surface area contributed by atoms with Crippen molar-refractivity contribution in [3.05, 3.63) is 59.6 Å². The van der Waals surface area contributed by atoms with Crippen molar-refractivity contribution in [2.75, 3.05) is 26.3 Å². The summed E-state index contributed by atoms with van der Waals surface area (Å²) in [7, 11) is 0. The largest absolute Gasteiger partial charge is 0.618 e. The van der Waals surface area contributed by atoms with Gasteiger partial charge in [-0.25, -0.2) is 0 Å². The molecule has 1 aliphatic rings. The van der Waals surface area contributed by atoms with Crippen molar-refractivity contribution >= 4 is 0 Å². The van der Waals surface area contributed by atoms with Gasteiger partial charge in [0.15, 0.2) is 17.7 Å². The Kier molecular flexibility index (Phi) is 5.51. The van der Waals surface area contributed by atoms with Gasteiger partial charge in [-0.3, -0.25) is 0 Å². The summed E-state index contributed by atoms with van der Waals surface area (Å²) in [5.74, 6) is 1.25. The van der Waals surface area contributed by atoms with Crippen LogP contribution in [-0.4, -0.2) is 32.4 Å². The monoisotopic (exact) mass is 330 g/mol. The van der Waals surface area contributed by atoms with E-state index in [-0.39, 0.29) is 6.10 Å². The quantitative estimate of drug-likeness (QED) is 0.646. The number of nitrogens with one attached hydrogen (secondary N) is 1. The summed E-state index contributed by atoms with van der Waals surface area (Å²) in [5, 5.41) is 15.5. The molecule has 1 fully saturated rings. The van der Waals surface area contributed by atoms with Crippen LogP contribution < -0.4 is 19.5 Å². The zero-order chi connectivity index (χ0) is 16.8. The second-order valence-electron chi connectivity index (χ2n) is 5.48. The molecule has 1 aromatic carbocycles. The van der Waals surface area contributed by atoms with E-state index >= 15 is 0 Å². The van der Waals surface area contributed by atoms with Crippen LogP contribution in [0.1, 0.15) is 18.7 Å². The normalized spacial score (nSPS) is 18.8. The van der Waals surface area contributed by atoms with Crippen LogP contribution in [0, 0.1) is 5.21 Å². The number of aromatic nitrogens is 1. The summed E-state index contributed by atoms with van der Waals surface area (Å²) in [6.45, 7) is 4.47. The van der Waals surface area contributed by atoms with Crippen LogP contribution in [0.25, 0.3) is 0 Å². The lowest BCUT2D eigenvalue weighted by molar-refractivity contribution is -0.619. The predicted octanol–water partition coefficient (Wildman–Crippen LogP) is 1.83. The number of para-hydroxylation sites is 2. The van der Waals surface area contributed by atoms with E-state index in [1.54, 1.807) is 12.1 Å². The van der Waals surface area contributed by atoms with Crippen LogP contribution in [-0.2, 0) is 4.74 Å². The maximum atomic E-state index is 12.2. The minimum atomic E-state index is -0.530. The number of ether oxygens (including phenoxy) is 3. The lowest BCUT2D eigenvalue weighted by Crippen LogP contribution is -2.47. The van der Waals surface area contributed by atoms with E-state index in [1.807, 2.05) is 37.3 Å². The van der Waals surface area contributed by atoms with Crippen molar-refractivity contribution in [2.24, 2.45) is 0 Å². The molecule has 128 valence electrons. The molecule has 2 atom stereocenters. The van der Waals surface area contributed by atoms with Gasteiger partial charge in [0.05, 0.1) is 13.2 Å². The van der Waals surface area contributed by atoms with E-state index in [9.17, 15) is 5.21 Å². The van der Waals surface area contributed by atoms with Gasteiger partial charge in [0.1, 0.15) is 6.10 Å². The molecular formula is C18H22N2O4. The molecule has 0 amide bonds. The first-order chi connectivity index (χ1) is 11.8. The fourth-order valence-corrected chi connectivity index (χ4v) is 2.73. The van der Waals surface area contributed by atoms with Crippen LogP contribution in [0.5, 0.6) is 11.5 Å². The number of rotatable bonds is 6. The Bertz CT molecular complexity index is 659. The summed E-state index contributed by atoms with van der Waals surface area (Å²) < 4.78 is 18.5. The fourth-order valence-electron chi connectivity index (χ4n) is 2.73. The molecule has 0 radical (unpaired) electrons. The average molecular weight is 330 g/mol. The Balaban J connectivity index is 1.92. The first kappa shape index (κ1) is 16.5. The number of nitrogens with zero attached hydrogens (tertiary/aromatic N) is 1. The highest BCUT2D eigenvalue weighted by Crippen LogP contribution is 2.32. The molecule has 0 bridgehead atoms. The Morgan fingerprint density at radius 1 is 1.25 bits per heavy atom. The van der Waals surface area contributed by atoms with E-state index in [1.165, 1.54) is 6.20 Å². The van der Waals surface area contributed by atoms with Gasteiger partial charge in [-0.2, -0.15) is 4.73 Å². The van der Waals surface area contributed by atoms with E-state index < -0.39 is 6.10 Å². The molecule has 1 N–H and O–H groups in total. The van der Waals surface area contributed by atoms with Crippen molar-refractivity contribution in [3.8, 4) is 11.5 Å². The average Bonchev–Trinajstić information content (AvgIpc) is 2.63. The highest BCUT2D eigenvalue weighted by Gasteiger charge is 2.33. The number of hydrogen-bond donors (Lipinski definition) is 1. The summed E-state index contributed by atoms with van der Waals surface area (Å²) >= 11 is 0. The van der Waals surface area contributed by atoms with E-state index in [4.69, 9.17) is 14.2 Å². The van der Waals surface area contributed by atoms with Crippen molar-refractivity contribution in [1.29, 1.82) is 0 Å². The molecule has 2 aromatic rings. The Morgan fingerprint density at radius 2 is 2.04 bits per heavy atom. The van der Waals surface area contributed by atoms with Gasteiger partial charge in [-0.05, 0) is 25.1 Å². The van der Waals surface area contributed by atoms with Crippen LogP contribution in [0.3, 0.4) is 0 Å².